The van der Waals surface area contributed by atoms with Crippen molar-refractivity contribution in [3.63, 3.8) is 0 Å². The van der Waals surface area contributed by atoms with Crippen LogP contribution in [-0.4, -0.2) is 57.0 Å². The predicted molar refractivity (Wildman–Crippen MR) is 140 cm³/mol. The SMILES string of the molecule is C/C(=C\c1csc(C)n1)[C@H]1OC(=O)C[C@H](O)C(C)(C)C(=O)[C@H](C)[C@@H](O)[C@@H](C)CCC[C@@]2(C)O[C@H]2[C@H]1C. The number of aliphatic hydroxyl groups is 2. The molecule has 7 nitrogen and oxygen atoms in total. The molecular formula is C28H43NO6S. The molecule has 0 unspecified atom stereocenters. The Labute approximate surface area is 219 Å². The molecule has 0 spiro atoms. The summed E-state index contributed by atoms with van der Waals surface area (Å²) in [6.45, 7) is 14.9. The van der Waals surface area contributed by atoms with Gasteiger partial charge in [0, 0.05) is 17.2 Å². The minimum Gasteiger partial charge on any atom is -0.457 e. The molecule has 0 bridgehead atoms. The number of hydrogen-bond acceptors (Lipinski definition) is 8. The lowest BCUT2D eigenvalue weighted by Crippen LogP contribution is -2.46. The third-order valence-electron chi connectivity index (χ3n) is 8.29. The zero-order valence-electron chi connectivity index (χ0n) is 22.9. The van der Waals surface area contributed by atoms with Crippen LogP contribution in [0.1, 0.15) is 84.9 Å². The molecular weight excluding hydrogens is 478 g/mol. The Kier molecular flexibility index (Phi) is 8.86. The smallest absolute Gasteiger partial charge is 0.309 e. The molecule has 2 fully saturated rings. The molecule has 2 N–H and O–H groups in total. The second kappa shape index (κ2) is 11.0. The average molecular weight is 522 g/mol. The van der Waals surface area contributed by atoms with E-state index in [1.54, 1.807) is 32.1 Å². The van der Waals surface area contributed by atoms with Gasteiger partial charge in [-0.1, -0.05) is 41.0 Å². The number of ether oxygens (including phenoxy) is 2. The van der Waals surface area contributed by atoms with Gasteiger partial charge in [0.2, 0.25) is 0 Å². The summed E-state index contributed by atoms with van der Waals surface area (Å²) in [5, 5.41) is 24.7. The molecule has 0 amide bonds. The average Bonchev–Trinajstić information content (AvgIpc) is 3.31. The molecule has 8 atom stereocenters. The maximum atomic E-state index is 13.3. The molecule has 0 aliphatic carbocycles. The standard InChI is InChI=1S/C28H43NO6S/c1-15-10-9-11-28(8)26(35-28)18(4)24(16(2)12-20-14-36-19(5)29-20)34-22(31)13-21(30)27(6,7)25(33)17(3)23(15)32/h12,14-15,17-18,21,23-24,26,30,32H,9-11,13H2,1-8H3/b16-12+/t15-,17+,18-,21-,23-,24+,26-,28+/m0/s1. The Hall–Kier alpha value is -1.61. The fraction of sp³-hybridized carbons (Fsp3) is 0.750. The van der Waals surface area contributed by atoms with Gasteiger partial charge in [-0.05, 0) is 51.2 Å². The van der Waals surface area contributed by atoms with Gasteiger partial charge in [-0.25, -0.2) is 4.98 Å². The van der Waals surface area contributed by atoms with E-state index in [9.17, 15) is 19.8 Å². The lowest BCUT2D eigenvalue weighted by Gasteiger charge is -2.35. The molecule has 0 saturated carbocycles. The minimum absolute atomic E-state index is 0.0764. The molecule has 2 aliphatic heterocycles. The summed E-state index contributed by atoms with van der Waals surface area (Å²) < 4.78 is 12.1. The summed E-state index contributed by atoms with van der Waals surface area (Å²) >= 11 is 1.56. The van der Waals surface area contributed by atoms with Crippen LogP contribution < -0.4 is 0 Å². The number of epoxide rings is 1. The number of hydrogen-bond donors (Lipinski definition) is 2. The van der Waals surface area contributed by atoms with Crippen molar-refractivity contribution >= 4 is 29.2 Å². The summed E-state index contributed by atoms with van der Waals surface area (Å²) in [5.74, 6) is -1.68. The molecule has 0 radical (unpaired) electrons. The van der Waals surface area contributed by atoms with Crippen molar-refractivity contribution in [2.45, 2.75) is 111 Å². The van der Waals surface area contributed by atoms with Crippen molar-refractivity contribution in [3.8, 4) is 0 Å². The van der Waals surface area contributed by atoms with Crippen LogP contribution in [0.5, 0.6) is 0 Å². The van der Waals surface area contributed by atoms with E-state index in [0.717, 1.165) is 35.5 Å². The number of fused-ring (bicyclic) bond motifs is 1. The first-order valence-corrected chi connectivity index (χ1v) is 13.9. The largest absolute Gasteiger partial charge is 0.457 e. The Morgan fingerprint density at radius 3 is 2.47 bits per heavy atom. The van der Waals surface area contributed by atoms with Crippen molar-refractivity contribution in [1.82, 2.24) is 4.98 Å². The van der Waals surface area contributed by atoms with Crippen LogP contribution in [0.4, 0.5) is 0 Å². The van der Waals surface area contributed by atoms with Crippen molar-refractivity contribution in [3.05, 3.63) is 21.7 Å². The maximum Gasteiger partial charge on any atom is 0.309 e. The van der Waals surface area contributed by atoms with E-state index in [2.05, 4.69) is 11.9 Å². The van der Waals surface area contributed by atoms with E-state index in [0.29, 0.717) is 0 Å². The van der Waals surface area contributed by atoms with E-state index in [1.807, 2.05) is 39.2 Å². The van der Waals surface area contributed by atoms with Gasteiger partial charge >= 0.3 is 5.97 Å². The van der Waals surface area contributed by atoms with E-state index in [-0.39, 0.29) is 35.7 Å². The lowest BCUT2D eigenvalue weighted by molar-refractivity contribution is -0.156. The van der Waals surface area contributed by atoms with Gasteiger partial charge in [-0.3, -0.25) is 9.59 Å². The monoisotopic (exact) mass is 521 g/mol. The number of esters is 1. The summed E-state index contributed by atoms with van der Waals surface area (Å²) in [6, 6.07) is 0. The van der Waals surface area contributed by atoms with Crippen molar-refractivity contribution in [2.75, 3.05) is 0 Å². The number of rotatable bonds is 2. The third kappa shape index (κ3) is 6.26. The number of thiazole rings is 1. The molecule has 3 rings (SSSR count). The van der Waals surface area contributed by atoms with Crippen molar-refractivity contribution in [1.29, 1.82) is 0 Å². The van der Waals surface area contributed by atoms with Gasteiger partial charge in [0.15, 0.2) is 0 Å². The van der Waals surface area contributed by atoms with E-state index >= 15 is 0 Å². The molecule has 36 heavy (non-hydrogen) atoms. The zero-order valence-corrected chi connectivity index (χ0v) is 23.7. The Balaban J connectivity index is 1.91. The van der Waals surface area contributed by atoms with E-state index in [1.165, 1.54) is 0 Å². The highest BCUT2D eigenvalue weighted by atomic mass is 32.1. The highest BCUT2D eigenvalue weighted by Crippen LogP contribution is 2.47. The zero-order chi connectivity index (χ0) is 27.0. The summed E-state index contributed by atoms with van der Waals surface area (Å²) in [5.41, 5.74) is 0.138. The Bertz CT molecular complexity index is 986. The number of aryl methyl sites for hydroxylation is 1. The van der Waals surface area contributed by atoms with Crippen LogP contribution in [-0.2, 0) is 19.1 Å². The first kappa shape index (κ1) is 29.0. The predicted octanol–water partition coefficient (Wildman–Crippen LogP) is 4.72. The van der Waals surface area contributed by atoms with Crippen LogP contribution in [0.3, 0.4) is 0 Å². The second-order valence-electron chi connectivity index (χ2n) is 11.8. The molecule has 3 heterocycles. The summed E-state index contributed by atoms with van der Waals surface area (Å²) in [4.78, 5) is 30.8. The number of Topliss-reactive ketones (excluding diaryl/α,β-unsaturated/α-hetero) is 1. The molecule has 2 saturated heterocycles. The number of ketones is 1. The van der Waals surface area contributed by atoms with Gasteiger partial charge in [-0.15, -0.1) is 11.3 Å². The fourth-order valence-electron chi connectivity index (χ4n) is 5.60. The van der Waals surface area contributed by atoms with Gasteiger partial charge < -0.3 is 19.7 Å². The first-order valence-electron chi connectivity index (χ1n) is 13.1. The van der Waals surface area contributed by atoms with Crippen LogP contribution in [0, 0.1) is 30.1 Å². The fourth-order valence-corrected chi connectivity index (χ4v) is 6.17. The van der Waals surface area contributed by atoms with Crippen LogP contribution in [0.25, 0.3) is 6.08 Å². The molecule has 1 aromatic heterocycles. The van der Waals surface area contributed by atoms with Gasteiger partial charge in [-0.2, -0.15) is 0 Å². The number of aromatic nitrogens is 1. The van der Waals surface area contributed by atoms with E-state index < -0.39 is 35.6 Å². The van der Waals surface area contributed by atoms with Gasteiger partial charge in [0.25, 0.3) is 0 Å². The third-order valence-corrected chi connectivity index (χ3v) is 9.08. The van der Waals surface area contributed by atoms with Crippen molar-refractivity contribution < 1.29 is 29.3 Å². The molecule has 8 heteroatoms. The van der Waals surface area contributed by atoms with E-state index in [4.69, 9.17) is 9.47 Å². The molecule has 202 valence electrons. The number of nitrogens with zero attached hydrogens (tertiary/aromatic N) is 1. The topological polar surface area (TPSA) is 109 Å². The second-order valence-corrected chi connectivity index (χ2v) is 12.8. The number of aliphatic hydroxyl groups excluding tert-OH is 2. The quantitative estimate of drug-likeness (QED) is 0.428. The Morgan fingerprint density at radius 2 is 1.86 bits per heavy atom. The first-order chi connectivity index (χ1) is 16.7. The number of carbonyl (C=O) groups excluding carboxylic acids is 2. The normalized spacial score (nSPS) is 38.8. The number of cyclic esters (lactones) is 1. The molecule has 2 aliphatic rings. The summed E-state index contributed by atoms with van der Waals surface area (Å²) in [6.07, 6.45) is 1.37. The highest BCUT2D eigenvalue weighted by Gasteiger charge is 2.56. The highest BCUT2D eigenvalue weighted by molar-refractivity contribution is 7.09. The number of carbonyl (C=O) groups is 2. The summed E-state index contributed by atoms with van der Waals surface area (Å²) in [7, 11) is 0. The van der Waals surface area contributed by atoms with Gasteiger partial charge in [0.1, 0.15) is 11.9 Å². The van der Waals surface area contributed by atoms with Gasteiger partial charge in [0.05, 0.1) is 46.5 Å². The minimum atomic E-state index is -1.24. The Morgan fingerprint density at radius 1 is 1.19 bits per heavy atom. The van der Waals surface area contributed by atoms with Crippen LogP contribution in [0.15, 0.2) is 11.0 Å². The van der Waals surface area contributed by atoms with Crippen molar-refractivity contribution in [2.24, 2.45) is 23.2 Å². The lowest BCUT2D eigenvalue weighted by atomic mass is 9.73. The molecule has 1 aromatic rings. The maximum absolute atomic E-state index is 13.3. The molecule has 0 aromatic carbocycles. The van der Waals surface area contributed by atoms with Crippen LogP contribution >= 0.6 is 11.3 Å². The van der Waals surface area contributed by atoms with Crippen LogP contribution in [0.2, 0.25) is 0 Å².